The molecule has 0 atom stereocenters. The van der Waals surface area contributed by atoms with Gasteiger partial charge in [-0.3, -0.25) is 0 Å². The maximum absolute atomic E-state index is 5.72. The van der Waals surface area contributed by atoms with Crippen LogP contribution in [-0.2, 0) is 0 Å². The number of fused-ring (bicyclic) bond motifs is 1. The molecule has 0 aliphatic rings. The number of hydrogen-bond donors (Lipinski definition) is 2. The number of imidazole rings is 1. The van der Waals surface area contributed by atoms with E-state index < -0.39 is 0 Å². The van der Waals surface area contributed by atoms with Crippen LogP contribution in [-0.4, -0.2) is 22.0 Å². The molecule has 86 valence electrons. The van der Waals surface area contributed by atoms with Gasteiger partial charge in [0.2, 0.25) is 0 Å². The highest BCUT2D eigenvalue weighted by Crippen LogP contribution is 2.24. The molecule has 0 amide bonds. The molecular weight excluding hydrogens is 240 g/mol. The molecule has 5 nitrogen and oxygen atoms in total. The Kier molecular flexibility index (Phi) is 2.26. The van der Waals surface area contributed by atoms with Crippen molar-refractivity contribution in [1.82, 2.24) is 15.0 Å². The van der Waals surface area contributed by atoms with E-state index in [1.54, 1.807) is 12.1 Å². The number of halogens is 1. The summed E-state index contributed by atoms with van der Waals surface area (Å²) in [5, 5.41) is 3.30. The van der Waals surface area contributed by atoms with Crippen LogP contribution >= 0.6 is 11.6 Å². The maximum atomic E-state index is 5.72. The first-order chi connectivity index (χ1) is 8.26. The first-order valence-electron chi connectivity index (χ1n) is 5.06. The summed E-state index contributed by atoms with van der Waals surface area (Å²) in [7, 11) is 1.81. The minimum atomic E-state index is 0.337. The van der Waals surface area contributed by atoms with E-state index in [1.807, 2.05) is 19.2 Å². The predicted molar refractivity (Wildman–Crippen MR) is 66.1 cm³/mol. The van der Waals surface area contributed by atoms with Crippen LogP contribution in [0.1, 0.15) is 0 Å². The van der Waals surface area contributed by atoms with E-state index in [0.717, 1.165) is 11.3 Å². The van der Waals surface area contributed by atoms with Crippen molar-refractivity contribution < 1.29 is 4.42 Å². The van der Waals surface area contributed by atoms with Crippen LogP contribution in [0, 0.1) is 0 Å². The zero-order chi connectivity index (χ0) is 11.8. The second kappa shape index (κ2) is 3.78. The molecule has 3 aromatic rings. The third-order valence-electron chi connectivity index (χ3n) is 2.41. The molecule has 0 bridgehead atoms. The van der Waals surface area contributed by atoms with Gasteiger partial charge >= 0.3 is 0 Å². The highest BCUT2D eigenvalue weighted by atomic mass is 35.5. The molecule has 0 saturated heterocycles. The lowest BCUT2D eigenvalue weighted by Crippen LogP contribution is -1.91. The van der Waals surface area contributed by atoms with Gasteiger partial charge < -0.3 is 14.7 Å². The number of aromatic nitrogens is 3. The van der Waals surface area contributed by atoms with Gasteiger partial charge in [-0.05, 0) is 35.9 Å². The Hall–Kier alpha value is -2.01. The Morgan fingerprint density at radius 1 is 1.24 bits per heavy atom. The molecule has 0 aliphatic carbocycles. The molecule has 0 saturated carbocycles. The van der Waals surface area contributed by atoms with Crippen LogP contribution < -0.4 is 5.32 Å². The van der Waals surface area contributed by atoms with E-state index in [9.17, 15) is 0 Å². The summed E-state index contributed by atoms with van der Waals surface area (Å²) < 4.78 is 5.28. The van der Waals surface area contributed by atoms with Crippen LogP contribution in [0.4, 0.5) is 5.82 Å². The second-order valence-electron chi connectivity index (χ2n) is 3.51. The van der Waals surface area contributed by atoms with Crippen LogP contribution in [0.2, 0.25) is 5.22 Å². The van der Waals surface area contributed by atoms with E-state index in [2.05, 4.69) is 20.3 Å². The molecule has 0 radical (unpaired) electrons. The van der Waals surface area contributed by atoms with Crippen molar-refractivity contribution in [2.75, 3.05) is 12.4 Å². The summed E-state index contributed by atoms with van der Waals surface area (Å²) in [4.78, 5) is 11.8. The smallest absolute Gasteiger partial charge is 0.194 e. The quantitative estimate of drug-likeness (QED) is 0.732. The van der Waals surface area contributed by atoms with Crippen LogP contribution in [0.3, 0.4) is 0 Å². The van der Waals surface area contributed by atoms with E-state index in [0.29, 0.717) is 22.5 Å². The van der Waals surface area contributed by atoms with Crippen LogP contribution in [0.5, 0.6) is 0 Å². The molecule has 3 aromatic heterocycles. The molecule has 0 fully saturated rings. The minimum absolute atomic E-state index is 0.337. The molecule has 3 heterocycles. The molecule has 0 unspecified atom stereocenters. The van der Waals surface area contributed by atoms with Crippen LogP contribution in [0.25, 0.3) is 22.7 Å². The standard InChI is InChI=1S/C11H9ClN4O/c1-13-9-5-2-6-10(15-9)16-11(14-6)7-3-4-8(12)17-7/h2-5H,1H3,(H2,13,14,15,16). The van der Waals surface area contributed by atoms with Gasteiger partial charge in [0.1, 0.15) is 5.82 Å². The zero-order valence-corrected chi connectivity index (χ0v) is 9.75. The number of anilines is 1. The average Bonchev–Trinajstić information content (AvgIpc) is 2.93. The van der Waals surface area contributed by atoms with Crippen molar-refractivity contribution in [2.45, 2.75) is 0 Å². The number of aromatic amines is 1. The van der Waals surface area contributed by atoms with E-state index in [4.69, 9.17) is 16.0 Å². The van der Waals surface area contributed by atoms with Gasteiger partial charge in [-0.15, -0.1) is 0 Å². The lowest BCUT2D eigenvalue weighted by molar-refractivity contribution is 0.580. The molecule has 0 aromatic carbocycles. The lowest BCUT2D eigenvalue weighted by Gasteiger charge is -1.95. The minimum Gasteiger partial charge on any atom is -0.441 e. The Morgan fingerprint density at radius 2 is 2.12 bits per heavy atom. The summed E-state index contributed by atoms with van der Waals surface area (Å²) in [5.41, 5.74) is 1.49. The van der Waals surface area contributed by atoms with Crippen molar-refractivity contribution in [2.24, 2.45) is 0 Å². The fourth-order valence-electron chi connectivity index (χ4n) is 1.59. The third kappa shape index (κ3) is 1.74. The fourth-order valence-corrected chi connectivity index (χ4v) is 1.74. The molecule has 3 rings (SSSR count). The summed E-state index contributed by atoms with van der Waals surface area (Å²) in [6.07, 6.45) is 0. The monoisotopic (exact) mass is 248 g/mol. The summed E-state index contributed by atoms with van der Waals surface area (Å²) in [5.74, 6) is 1.99. The second-order valence-corrected chi connectivity index (χ2v) is 3.88. The Balaban J connectivity index is 2.13. The summed E-state index contributed by atoms with van der Waals surface area (Å²) in [6, 6.07) is 7.23. The Bertz CT molecular complexity index is 673. The molecule has 2 N–H and O–H groups in total. The molecular formula is C11H9ClN4O. The van der Waals surface area contributed by atoms with Gasteiger partial charge in [0.25, 0.3) is 0 Å². The number of pyridine rings is 1. The van der Waals surface area contributed by atoms with Crippen LogP contribution in [0.15, 0.2) is 28.7 Å². The average molecular weight is 249 g/mol. The summed E-state index contributed by atoms with van der Waals surface area (Å²) >= 11 is 5.72. The van der Waals surface area contributed by atoms with Gasteiger partial charge in [0.05, 0.1) is 5.52 Å². The first-order valence-corrected chi connectivity index (χ1v) is 5.44. The third-order valence-corrected chi connectivity index (χ3v) is 2.61. The first kappa shape index (κ1) is 10.2. The lowest BCUT2D eigenvalue weighted by atomic mass is 10.4. The largest absolute Gasteiger partial charge is 0.441 e. The number of furan rings is 1. The predicted octanol–water partition coefficient (Wildman–Crippen LogP) is 2.91. The van der Waals surface area contributed by atoms with Crippen molar-refractivity contribution in [3.05, 3.63) is 29.5 Å². The number of rotatable bonds is 2. The highest BCUT2D eigenvalue weighted by molar-refractivity contribution is 6.28. The van der Waals surface area contributed by atoms with Gasteiger partial charge in [0, 0.05) is 7.05 Å². The Labute approximate surface area is 102 Å². The number of nitrogens with zero attached hydrogens (tertiary/aromatic N) is 2. The highest BCUT2D eigenvalue weighted by Gasteiger charge is 2.10. The van der Waals surface area contributed by atoms with E-state index in [1.165, 1.54) is 0 Å². The van der Waals surface area contributed by atoms with Gasteiger partial charge in [-0.2, -0.15) is 0 Å². The van der Waals surface area contributed by atoms with Crippen molar-refractivity contribution in [3.8, 4) is 11.6 Å². The Morgan fingerprint density at radius 3 is 2.82 bits per heavy atom. The molecule has 17 heavy (non-hydrogen) atoms. The van der Waals surface area contributed by atoms with Gasteiger partial charge in [-0.25, -0.2) is 9.97 Å². The number of nitrogens with one attached hydrogen (secondary N) is 2. The van der Waals surface area contributed by atoms with Gasteiger partial charge in [0.15, 0.2) is 22.5 Å². The molecule has 0 spiro atoms. The van der Waals surface area contributed by atoms with E-state index in [-0.39, 0.29) is 0 Å². The molecule has 0 aliphatic heterocycles. The fraction of sp³-hybridized carbons (Fsp3) is 0.0909. The summed E-state index contributed by atoms with van der Waals surface area (Å²) in [6.45, 7) is 0. The van der Waals surface area contributed by atoms with Gasteiger partial charge in [-0.1, -0.05) is 0 Å². The van der Waals surface area contributed by atoms with Crippen molar-refractivity contribution in [1.29, 1.82) is 0 Å². The van der Waals surface area contributed by atoms with Crippen molar-refractivity contribution in [3.63, 3.8) is 0 Å². The SMILES string of the molecule is CNc1ccc2[nH]c(-c3ccc(Cl)o3)nc2n1. The number of hydrogen-bond acceptors (Lipinski definition) is 4. The zero-order valence-electron chi connectivity index (χ0n) is 8.99. The normalized spacial score (nSPS) is 10.9. The van der Waals surface area contributed by atoms with Crippen molar-refractivity contribution >= 4 is 28.6 Å². The maximum Gasteiger partial charge on any atom is 0.194 e. The number of H-pyrrole nitrogens is 1. The molecule has 6 heteroatoms. The topological polar surface area (TPSA) is 66.7 Å². The van der Waals surface area contributed by atoms with E-state index >= 15 is 0 Å².